The van der Waals surface area contributed by atoms with Gasteiger partial charge in [0.1, 0.15) is 0 Å². The molecule has 3 heteroatoms. The van der Waals surface area contributed by atoms with Gasteiger partial charge in [0.15, 0.2) is 0 Å². The van der Waals surface area contributed by atoms with Crippen LogP contribution in [0.1, 0.15) is 37.0 Å². The van der Waals surface area contributed by atoms with Crippen LogP contribution in [0.3, 0.4) is 0 Å². The van der Waals surface area contributed by atoms with Gasteiger partial charge in [-0.3, -0.25) is 0 Å². The largest absolute Gasteiger partial charge is 0.478 e. The summed E-state index contributed by atoms with van der Waals surface area (Å²) in [5.74, 6) is -0.858. The number of hydrogen-bond donors (Lipinski definition) is 1. The summed E-state index contributed by atoms with van der Waals surface area (Å²) in [5.41, 5.74) is 1.23. The summed E-state index contributed by atoms with van der Waals surface area (Å²) in [6.07, 6.45) is 2.01. The summed E-state index contributed by atoms with van der Waals surface area (Å²) in [4.78, 5) is 13.7. The first-order chi connectivity index (χ1) is 9.67. The van der Waals surface area contributed by atoms with Crippen LogP contribution in [0.2, 0.25) is 0 Å². The number of rotatable bonds is 6. The number of carbonyl (C=O) groups is 1. The van der Waals surface area contributed by atoms with Crippen molar-refractivity contribution in [1.29, 1.82) is 0 Å². The molecule has 0 unspecified atom stereocenters. The molecule has 106 valence electrons. The normalized spacial score (nSPS) is 10.7. The van der Waals surface area contributed by atoms with Gasteiger partial charge in [-0.15, -0.1) is 0 Å². The van der Waals surface area contributed by atoms with Crippen molar-refractivity contribution in [3.8, 4) is 0 Å². The molecule has 20 heavy (non-hydrogen) atoms. The lowest BCUT2D eigenvalue weighted by molar-refractivity contribution is 0.0697. The number of carboxylic acid groups (broad SMARTS) is 1. The number of hydrogen-bond acceptors (Lipinski definition) is 2. The standard InChI is InChI=1S/C17H21NO2/c1-3-9-18(10-4-2)16-12-14-8-6-5-7-13(14)11-15(16)17(19)20/h5-8,11-12H,3-4,9-10H2,1-2H3,(H,19,20). The van der Waals surface area contributed by atoms with Gasteiger partial charge in [-0.2, -0.15) is 0 Å². The molecule has 0 aliphatic carbocycles. The maximum absolute atomic E-state index is 11.6. The van der Waals surface area contributed by atoms with Crippen molar-refractivity contribution in [2.75, 3.05) is 18.0 Å². The van der Waals surface area contributed by atoms with Gasteiger partial charge >= 0.3 is 5.97 Å². The van der Waals surface area contributed by atoms with Crippen LogP contribution in [-0.2, 0) is 0 Å². The van der Waals surface area contributed by atoms with Crippen LogP contribution in [0, 0.1) is 0 Å². The molecule has 0 aromatic heterocycles. The molecule has 0 radical (unpaired) electrons. The van der Waals surface area contributed by atoms with E-state index in [4.69, 9.17) is 0 Å². The Bertz CT molecular complexity index is 601. The van der Waals surface area contributed by atoms with Gasteiger partial charge in [0.25, 0.3) is 0 Å². The van der Waals surface area contributed by atoms with E-state index < -0.39 is 5.97 Å². The Morgan fingerprint density at radius 2 is 1.60 bits per heavy atom. The minimum atomic E-state index is -0.858. The second-order valence-electron chi connectivity index (χ2n) is 5.01. The third-order valence-electron chi connectivity index (χ3n) is 3.42. The number of aromatic carboxylic acids is 1. The average Bonchev–Trinajstić information content (AvgIpc) is 2.45. The van der Waals surface area contributed by atoms with Crippen LogP contribution in [-0.4, -0.2) is 24.2 Å². The van der Waals surface area contributed by atoms with Gasteiger partial charge < -0.3 is 10.0 Å². The van der Waals surface area contributed by atoms with Crippen LogP contribution in [0.25, 0.3) is 10.8 Å². The highest BCUT2D eigenvalue weighted by Gasteiger charge is 2.16. The van der Waals surface area contributed by atoms with Crippen LogP contribution in [0.4, 0.5) is 5.69 Å². The fourth-order valence-electron chi connectivity index (χ4n) is 2.55. The first-order valence-corrected chi connectivity index (χ1v) is 7.18. The molecule has 0 saturated heterocycles. The predicted molar refractivity (Wildman–Crippen MR) is 83.7 cm³/mol. The number of carboxylic acids is 1. The molecule has 1 N–H and O–H groups in total. The average molecular weight is 271 g/mol. The highest BCUT2D eigenvalue weighted by molar-refractivity contribution is 6.01. The molecule has 0 fully saturated rings. The second kappa shape index (κ2) is 6.42. The Kier molecular flexibility index (Phi) is 4.61. The number of nitrogens with zero attached hydrogens (tertiary/aromatic N) is 1. The van der Waals surface area contributed by atoms with Crippen LogP contribution >= 0.6 is 0 Å². The van der Waals surface area contributed by atoms with E-state index in [1.165, 1.54) is 0 Å². The molecule has 0 heterocycles. The second-order valence-corrected chi connectivity index (χ2v) is 5.01. The number of benzene rings is 2. The molecule has 0 spiro atoms. The quantitative estimate of drug-likeness (QED) is 0.857. The van der Waals surface area contributed by atoms with Crippen molar-refractivity contribution < 1.29 is 9.90 Å². The van der Waals surface area contributed by atoms with Crippen molar-refractivity contribution in [3.05, 3.63) is 42.0 Å². The topological polar surface area (TPSA) is 40.5 Å². The molecule has 2 aromatic carbocycles. The van der Waals surface area contributed by atoms with E-state index in [0.717, 1.165) is 42.4 Å². The van der Waals surface area contributed by atoms with Crippen molar-refractivity contribution >= 4 is 22.4 Å². The minimum Gasteiger partial charge on any atom is -0.478 e. The van der Waals surface area contributed by atoms with Crippen molar-refractivity contribution in [1.82, 2.24) is 0 Å². The van der Waals surface area contributed by atoms with E-state index in [1.54, 1.807) is 6.07 Å². The fraction of sp³-hybridized carbons (Fsp3) is 0.353. The van der Waals surface area contributed by atoms with E-state index in [-0.39, 0.29) is 0 Å². The summed E-state index contributed by atoms with van der Waals surface area (Å²) in [7, 11) is 0. The van der Waals surface area contributed by atoms with Crippen LogP contribution < -0.4 is 4.90 Å². The molecule has 0 aliphatic rings. The summed E-state index contributed by atoms with van der Waals surface area (Å²) in [5, 5.41) is 11.5. The lowest BCUT2D eigenvalue weighted by Gasteiger charge is -2.26. The zero-order valence-electron chi connectivity index (χ0n) is 12.1. The summed E-state index contributed by atoms with van der Waals surface area (Å²) in [6, 6.07) is 11.7. The maximum Gasteiger partial charge on any atom is 0.337 e. The Morgan fingerprint density at radius 1 is 1.05 bits per heavy atom. The molecule has 2 aromatic rings. The zero-order valence-corrected chi connectivity index (χ0v) is 12.1. The van der Waals surface area contributed by atoms with Crippen LogP contribution in [0.15, 0.2) is 36.4 Å². The van der Waals surface area contributed by atoms with E-state index in [2.05, 4.69) is 18.7 Å². The molecule has 2 rings (SSSR count). The van der Waals surface area contributed by atoms with E-state index in [0.29, 0.717) is 5.56 Å². The molecule has 0 bridgehead atoms. The van der Waals surface area contributed by atoms with Gasteiger partial charge in [-0.25, -0.2) is 4.79 Å². The van der Waals surface area contributed by atoms with Crippen molar-refractivity contribution in [2.24, 2.45) is 0 Å². The molecule has 0 aliphatic heterocycles. The van der Waals surface area contributed by atoms with Gasteiger partial charge in [0, 0.05) is 13.1 Å². The van der Waals surface area contributed by atoms with Gasteiger partial charge in [-0.1, -0.05) is 38.1 Å². The van der Waals surface area contributed by atoms with Crippen molar-refractivity contribution in [3.63, 3.8) is 0 Å². The van der Waals surface area contributed by atoms with Gasteiger partial charge in [-0.05, 0) is 35.7 Å². The molecular weight excluding hydrogens is 250 g/mol. The van der Waals surface area contributed by atoms with E-state index in [1.807, 2.05) is 30.3 Å². The van der Waals surface area contributed by atoms with Gasteiger partial charge in [0.2, 0.25) is 0 Å². The lowest BCUT2D eigenvalue weighted by atomic mass is 10.0. The fourth-order valence-corrected chi connectivity index (χ4v) is 2.55. The van der Waals surface area contributed by atoms with E-state index in [9.17, 15) is 9.90 Å². The molecular formula is C17H21NO2. The third kappa shape index (κ3) is 2.93. The third-order valence-corrected chi connectivity index (χ3v) is 3.42. The minimum absolute atomic E-state index is 0.394. The summed E-state index contributed by atoms with van der Waals surface area (Å²) < 4.78 is 0. The lowest BCUT2D eigenvalue weighted by Crippen LogP contribution is -2.26. The monoisotopic (exact) mass is 271 g/mol. The van der Waals surface area contributed by atoms with Gasteiger partial charge in [0.05, 0.1) is 11.3 Å². The Balaban J connectivity index is 2.58. The first kappa shape index (κ1) is 14.4. The predicted octanol–water partition coefficient (Wildman–Crippen LogP) is 4.16. The highest BCUT2D eigenvalue weighted by Crippen LogP contribution is 2.27. The SMILES string of the molecule is CCCN(CCC)c1cc2ccccc2cc1C(=O)O. The zero-order chi connectivity index (χ0) is 14.5. The summed E-state index contributed by atoms with van der Waals surface area (Å²) in [6.45, 7) is 5.99. The molecule has 3 nitrogen and oxygen atoms in total. The smallest absolute Gasteiger partial charge is 0.337 e. The molecule has 0 saturated carbocycles. The maximum atomic E-state index is 11.6. The first-order valence-electron chi connectivity index (χ1n) is 7.18. The molecule has 0 amide bonds. The number of anilines is 1. The highest BCUT2D eigenvalue weighted by atomic mass is 16.4. The molecule has 0 atom stereocenters. The Hall–Kier alpha value is -2.03. The number of fused-ring (bicyclic) bond motifs is 1. The Labute approximate surface area is 119 Å². The Morgan fingerprint density at radius 3 is 2.10 bits per heavy atom. The summed E-state index contributed by atoms with van der Waals surface area (Å²) >= 11 is 0. The van der Waals surface area contributed by atoms with Crippen LogP contribution in [0.5, 0.6) is 0 Å². The van der Waals surface area contributed by atoms with Crippen molar-refractivity contribution in [2.45, 2.75) is 26.7 Å². The van der Waals surface area contributed by atoms with E-state index >= 15 is 0 Å².